The smallest absolute Gasteiger partial charge is 0.231 e. The fourth-order valence-corrected chi connectivity index (χ4v) is 2.82. The Bertz CT molecular complexity index is 841. The van der Waals surface area contributed by atoms with E-state index in [1.165, 1.54) is 16.5 Å². The van der Waals surface area contributed by atoms with E-state index in [1.54, 1.807) is 7.11 Å². The summed E-state index contributed by atoms with van der Waals surface area (Å²) in [5.74, 6) is 2.51. The molecule has 0 fully saturated rings. The Morgan fingerprint density at radius 3 is 2.91 bits per heavy atom. The molecule has 3 aromatic rings. The average molecular weight is 310 g/mol. The van der Waals surface area contributed by atoms with Gasteiger partial charge in [0.1, 0.15) is 5.75 Å². The highest BCUT2D eigenvalue weighted by Crippen LogP contribution is 2.32. The molecule has 2 aromatic carbocycles. The van der Waals surface area contributed by atoms with Crippen LogP contribution in [0.2, 0.25) is 0 Å². The zero-order valence-corrected chi connectivity index (χ0v) is 12.9. The molecule has 23 heavy (non-hydrogen) atoms. The van der Waals surface area contributed by atoms with Crippen LogP contribution in [-0.4, -0.2) is 18.9 Å². The largest absolute Gasteiger partial charge is 0.497 e. The van der Waals surface area contributed by atoms with Gasteiger partial charge in [-0.1, -0.05) is 6.07 Å². The van der Waals surface area contributed by atoms with E-state index in [1.807, 2.05) is 30.5 Å². The van der Waals surface area contributed by atoms with E-state index in [0.717, 1.165) is 35.9 Å². The Morgan fingerprint density at radius 2 is 2.00 bits per heavy atom. The quantitative estimate of drug-likeness (QED) is 0.760. The molecular weight excluding hydrogens is 292 g/mol. The van der Waals surface area contributed by atoms with Crippen molar-refractivity contribution in [2.45, 2.75) is 13.1 Å². The molecule has 5 heteroatoms. The lowest BCUT2D eigenvalue weighted by Crippen LogP contribution is -2.12. The van der Waals surface area contributed by atoms with Gasteiger partial charge >= 0.3 is 0 Å². The van der Waals surface area contributed by atoms with Crippen molar-refractivity contribution in [3.05, 3.63) is 53.7 Å². The first-order chi connectivity index (χ1) is 11.3. The molecule has 2 heterocycles. The van der Waals surface area contributed by atoms with Crippen molar-refractivity contribution in [3.63, 3.8) is 0 Å². The number of hydrogen-bond donors (Lipinski definition) is 2. The number of H-pyrrole nitrogens is 1. The monoisotopic (exact) mass is 310 g/mol. The zero-order valence-electron chi connectivity index (χ0n) is 12.9. The first kappa shape index (κ1) is 14.0. The van der Waals surface area contributed by atoms with Gasteiger partial charge in [0.2, 0.25) is 6.79 Å². The molecule has 0 radical (unpaired) electrons. The fourth-order valence-electron chi connectivity index (χ4n) is 2.82. The minimum Gasteiger partial charge on any atom is -0.497 e. The summed E-state index contributed by atoms with van der Waals surface area (Å²) in [6.45, 7) is 1.86. The van der Waals surface area contributed by atoms with Crippen LogP contribution in [0.5, 0.6) is 17.2 Å². The number of fused-ring (bicyclic) bond motifs is 2. The molecule has 0 unspecified atom stereocenters. The third kappa shape index (κ3) is 2.71. The Kier molecular flexibility index (Phi) is 3.55. The van der Waals surface area contributed by atoms with Gasteiger partial charge in [-0.15, -0.1) is 0 Å². The van der Waals surface area contributed by atoms with Gasteiger partial charge in [0.05, 0.1) is 7.11 Å². The molecule has 0 spiro atoms. The molecule has 4 rings (SSSR count). The molecule has 0 bridgehead atoms. The van der Waals surface area contributed by atoms with Gasteiger partial charge in [-0.3, -0.25) is 0 Å². The first-order valence-electron chi connectivity index (χ1n) is 7.57. The first-order valence-corrected chi connectivity index (χ1v) is 7.57. The summed E-state index contributed by atoms with van der Waals surface area (Å²) < 4.78 is 16.0. The second-order valence-electron chi connectivity index (χ2n) is 5.52. The number of methoxy groups -OCH3 is 1. The number of nitrogens with one attached hydrogen (secondary N) is 2. The van der Waals surface area contributed by atoms with Crippen molar-refractivity contribution in [2.24, 2.45) is 0 Å². The van der Waals surface area contributed by atoms with E-state index >= 15 is 0 Å². The van der Waals surface area contributed by atoms with Gasteiger partial charge in [-0.2, -0.15) is 0 Å². The summed E-state index contributed by atoms with van der Waals surface area (Å²) in [5, 5.41) is 4.65. The predicted octanol–water partition coefficient (Wildman–Crippen LogP) is 3.20. The summed E-state index contributed by atoms with van der Waals surface area (Å²) in [7, 11) is 1.69. The van der Waals surface area contributed by atoms with Crippen LogP contribution in [-0.2, 0) is 13.1 Å². The molecule has 0 atom stereocenters. The van der Waals surface area contributed by atoms with E-state index in [0.29, 0.717) is 6.79 Å². The van der Waals surface area contributed by atoms with Gasteiger partial charge in [0.25, 0.3) is 0 Å². The summed E-state index contributed by atoms with van der Waals surface area (Å²) in [6, 6.07) is 12.1. The molecule has 118 valence electrons. The van der Waals surface area contributed by atoms with E-state index < -0.39 is 0 Å². The van der Waals surface area contributed by atoms with Crippen LogP contribution in [0.25, 0.3) is 10.9 Å². The van der Waals surface area contributed by atoms with Crippen LogP contribution in [0.1, 0.15) is 11.1 Å². The number of rotatable bonds is 5. The Morgan fingerprint density at radius 1 is 1.09 bits per heavy atom. The second-order valence-corrected chi connectivity index (χ2v) is 5.52. The van der Waals surface area contributed by atoms with Crippen molar-refractivity contribution in [1.82, 2.24) is 10.3 Å². The van der Waals surface area contributed by atoms with Crippen molar-refractivity contribution >= 4 is 10.9 Å². The third-order valence-electron chi connectivity index (χ3n) is 4.06. The Hall–Kier alpha value is -2.66. The highest BCUT2D eigenvalue weighted by molar-refractivity contribution is 5.84. The van der Waals surface area contributed by atoms with Gasteiger partial charge in [0, 0.05) is 30.2 Å². The number of ether oxygens (including phenoxy) is 3. The summed E-state index contributed by atoms with van der Waals surface area (Å²) in [6.07, 6.45) is 2.04. The minimum absolute atomic E-state index is 0.309. The molecule has 2 N–H and O–H groups in total. The molecule has 1 aromatic heterocycles. The molecule has 0 saturated carbocycles. The highest BCUT2D eigenvalue weighted by atomic mass is 16.7. The van der Waals surface area contributed by atoms with Gasteiger partial charge in [-0.25, -0.2) is 0 Å². The summed E-state index contributed by atoms with van der Waals surface area (Å²) >= 11 is 0. The van der Waals surface area contributed by atoms with E-state index in [4.69, 9.17) is 14.2 Å². The standard InChI is InChI=1S/C18H18N2O3/c1-21-14-3-4-16-15(7-14)13(10-20-16)9-19-8-12-2-5-17-18(6-12)23-11-22-17/h2-7,10,19-20H,8-9,11H2,1H3. The lowest BCUT2D eigenvalue weighted by Gasteiger charge is -2.06. The van der Waals surface area contributed by atoms with Gasteiger partial charge in [0.15, 0.2) is 11.5 Å². The fraction of sp³-hybridized carbons (Fsp3) is 0.222. The lowest BCUT2D eigenvalue weighted by atomic mass is 10.1. The maximum absolute atomic E-state index is 5.41. The second kappa shape index (κ2) is 5.85. The van der Waals surface area contributed by atoms with Crippen LogP contribution in [0.15, 0.2) is 42.6 Å². The van der Waals surface area contributed by atoms with Crippen LogP contribution in [0, 0.1) is 0 Å². The van der Waals surface area contributed by atoms with Crippen LogP contribution >= 0.6 is 0 Å². The van der Waals surface area contributed by atoms with Crippen molar-refractivity contribution in [2.75, 3.05) is 13.9 Å². The van der Waals surface area contributed by atoms with Crippen LogP contribution in [0.4, 0.5) is 0 Å². The zero-order chi connectivity index (χ0) is 15.6. The molecule has 1 aliphatic rings. The molecular formula is C18H18N2O3. The molecule has 0 amide bonds. The van der Waals surface area contributed by atoms with Crippen molar-refractivity contribution in [1.29, 1.82) is 0 Å². The third-order valence-corrected chi connectivity index (χ3v) is 4.06. The number of benzene rings is 2. The minimum atomic E-state index is 0.309. The summed E-state index contributed by atoms with van der Waals surface area (Å²) in [5.41, 5.74) is 3.51. The number of hydrogen-bond acceptors (Lipinski definition) is 4. The molecule has 0 aliphatic carbocycles. The van der Waals surface area contributed by atoms with Crippen LogP contribution in [0.3, 0.4) is 0 Å². The number of aromatic nitrogens is 1. The summed E-state index contributed by atoms with van der Waals surface area (Å²) in [4.78, 5) is 3.29. The Balaban J connectivity index is 1.45. The van der Waals surface area contributed by atoms with E-state index in [-0.39, 0.29) is 0 Å². The topological polar surface area (TPSA) is 55.5 Å². The van der Waals surface area contributed by atoms with Gasteiger partial charge < -0.3 is 24.5 Å². The SMILES string of the molecule is COc1ccc2[nH]cc(CNCc3ccc4c(c3)OCO4)c2c1. The van der Waals surface area contributed by atoms with Crippen LogP contribution < -0.4 is 19.5 Å². The predicted molar refractivity (Wildman–Crippen MR) is 88.0 cm³/mol. The van der Waals surface area contributed by atoms with Gasteiger partial charge in [-0.05, 0) is 41.5 Å². The average Bonchev–Trinajstić information content (AvgIpc) is 3.20. The maximum Gasteiger partial charge on any atom is 0.231 e. The van der Waals surface area contributed by atoms with E-state index in [9.17, 15) is 0 Å². The molecule has 1 aliphatic heterocycles. The lowest BCUT2D eigenvalue weighted by molar-refractivity contribution is 0.174. The number of aromatic amines is 1. The Labute approximate surface area is 134 Å². The highest BCUT2D eigenvalue weighted by Gasteiger charge is 2.13. The molecule has 0 saturated heterocycles. The molecule has 5 nitrogen and oxygen atoms in total. The maximum atomic E-state index is 5.41. The van der Waals surface area contributed by atoms with Crippen molar-refractivity contribution < 1.29 is 14.2 Å². The normalized spacial score (nSPS) is 12.7. The van der Waals surface area contributed by atoms with E-state index in [2.05, 4.69) is 22.4 Å². The van der Waals surface area contributed by atoms with Crippen molar-refractivity contribution in [3.8, 4) is 17.2 Å².